The van der Waals surface area contributed by atoms with E-state index in [1.807, 2.05) is 26.0 Å². The maximum absolute atomic E-state index is 5.68. The molecule has 0 aromatic carbocycles. The van der Waals surface area contributed by atoms with Gasteiger partial charge in [0.25, 0.3) is 0 Å². The van der Waals surface area contributed by atoms with Crippen molar-refractivity contribution in [3.8, 4) is 11.1 Å². The smallest absolute Gasteiger partial charge is 0.126 e. The summed E-state index contributed by atoms with van der Waals surface area (Å²) in [6, 6.07) is 3.85. The van der Waals surface area contributed by atoms with Gasteiger partial charge in [-0.2, -0.15) is 0 Å². The summed E-state index contributed by atoms with van der Waals surface area (Å²) in [5.74, 6) is 1.09. The lowest BCUT2D eigenvalue weighted by molar-refractivity contribution is 1.25. The molecule has 0 aliphatic heterocycles. The van der Waals surface area contributed by atoms with E-state index < -0.39 is 0 Å². The molecule has 4 nitrogen and oxygen atoms in total. The van der Waals surface area contributed by atoms with Gasteiger partial charge in [0, 0.05) is 23.5 Å². The quantitative estimate of drug-likeness (QED) is 0.760. The Morgan fingerprint density at radius 1 is 0.938 bits per heavy atom. The average Bonchev–Trinajstić information content (AvgIpc) is 2.22. The molecule has 2 aromatic rings. The zero-order chi connectivity index (χ0) is 11.7. The van der Waals surface area contributed by atoms with Crippen molar-refractivity contribution in [1.29, 1.82) is 0 Å². The largest absolute Gasteiger partial charge is 0.384 e. The fourth-order valence-electron chi connectivity index (χ4n) is 1.61. The molecule has 82 valence electrons. The van der Waals surface area contributed by atoms with E-state index in [2.05, 4.69) is 9.97 Å². The number of anilines is 2. The van der Waals surface area contributed by atoms with E-state index in [-0.39, 0.29) is 0 Å². The summed E-state index contributed by atoms with van der Waals surface area (Å²) in [6.07, 6.45) is 3.51. The van der Waals surface area contributed by atoms with Gasteiger partial charge in [-0.25, -0.2) is 9.97 Å². The Bertz CT molecular complexity index is 535. The molecule has 2 heterocycles. The molecule has 0 spiro atoms. The summed E-state index contributed by atoms with van der Waals surface area (Å²) < 4.78 is 0. The van der Waals surface area contributed by atoms with Crippen molar-refractivity contribution in [3.05, 3.63) is 35.7 Å². The molecule has 0 unspecified atom stereocenters. The van der Waals surface area contributed by atoms with Gasteiger partial charge in [-0.15, -0.1) is 0 Å². The van der Waals surface area contributed by atoms with E-state index in [0.29, 0.717) is 11.6 Å². The minimum absolute atomic E-state index is 0.529. The van der Waals surface area contributed by atoms with Gasteiger partial charge in [0.2, 0.25) is 0 Å². The van der Waals surface area contributed by atoms with Crippen molar-refractivity contribution in [2.24, 2.45) is 0 Å². The fourth-order valence-corrected chi connectivity index (χ4v) is 1.61. The van der Waals surface area contributed by atoms with Gasteiger partial charge in [0.05, 0.1) is 0 Å². The number of nitrogen functional groups attached to an aromatic ring is 2. The number of aryl methyl sites for hydroxylation is 2. The fraction of sp³-hybridized carbons (Fsp3) is 0.167. The Kier molecular flexibility index (Phi) is 2.48. The van der Waals surface area contributed by atoms with Crippen molar-refractivity contribution >= 4 is 11.6 Å². The highest BCUT2D eigenvalue weighted by molar-refractivity contribution is 5.68. The normalized spacial score (nSPS) is 10.4. The van der Waals surface area contributed by atoms with Crippen molar-refractivity contribution in [1.82, 2.24) is 9.97 Å². The lowest BCUT2D eigenvalue weighted by Gasteiger charge is -2.07. The summed E-state index contributed by atoms with van der Waals surface area (Å²) >= 11 is 0. The number of pyridine rings is 2. The number of nitrogens with two attached hydrogens (primary N) is 2. The van der Waals surface area contributed by atoms with E-state index >= 15 is 0 Å². The molecule has 4 heteroatoms. The summed E-state index contributed by atoms with van der Waals surface area (Å²) in [7, 11) is 0. The second kappa shape index (κ2) is 3.81. The van der Waals surface area contributed by atoms with E-state index in [0.717, 1.165) is 22.3 Å². The van der Waals surface area contributed by atoms with Gasteiger partial charge in [0.1, 0.15) is 11.6 Å². The Hall–Kier alpha value is -2.10. The Morgan fingerprint density at radius 3 is 2.31 bits per heavy atom. The third-order valence-corrected chi connectivity index (χ3v) is 2.56. The summed E-state index contributed by atoms with van der Waals surface area (Å²) in [5, 5.41) is 0. The van der Waals surface area contributed by atoms with Crippen LogP contribution in [-0.2, 0) is 0 Å². The van der Waals surface area contributed by atoms with Crippen molar-refractivity contribution in [2.45, 2.75) is 13.8 Å². The molecule has 2 aromatic heterocycles. The van der Waals surface area contributed by atoms with Crippen LogP contribution in [0.1, 0.15) is 11.1 Å². The van der Waals surface area contributed by atoms with Crippen LogP contribution in [-0.4, -0.2) is 9.97 Å². The Morgan fingerprint density at radius 2 is 1.69 bits per heavy atom. The van der Waals surface area contributed by atoms with Crippen molar-refractivity contribution < 1.29 is 0 Å². The molecule has 0 aliphatic carbocycles. The number of rotatable bonds is 1. The number of hydrogen-bond donors (Lipinski definition) is 2. The molecule has 0 atom stereocenters. The minimum Gasteiger partial charge on any atom is -0.384 e. The average molecular weight is 214 g/mol. The van der Waals surface area contributed by atoms with Gasteiger partial charge in [-0.3, -0.25) is 0 Å². The molecule has 0 radical (unpaired) electrons. The number of aromatic nitrogens is 2. The molecule has 0 fully saturated rings. The second-order valence-electron chi connectivity index (χ2n) is 3.85. The van der Waals surface area contributed by atoms with Crippen LogP contribution >= 0.6 is 0 Å². The van der Waals surface area contributed by atoms with Crippen LogP contribution in [0.2, 0.25) is 0 Å². The van der Waals surface area contributed by atoms with E-state index in [9.17, 15) is 0 Å². The van der Waals surface area contributed by atoms with Crippen molar-refractivity contribution in [3.63, 3.8) is 0 Å². The Balaban J connectivity index is 2.54. The lowest BCUT2D eigenvalue weighted by atomic mass is 10.0. The van der Waals surface area contributed by atoms with Gasteiger partial charge < -0.3 is 11.5 Å². The maximum Gasteiger partial charge on any atom is 0.126 e. The zero-order valence-electron chi connectivity index (χ0n) is 9.36. The third-order valence-electron chi connectivity index (χ3n) is 2.56. The van der Waals surface area contributed by atoms with Gasteiger partial charge in [0.15, 0.2) is 0 Å². The van der Waals surface area contributed by atoms with Gasteiger partial charge in [-0.1, -0.05) is 0 Å². The van der Waals surface area contributed by atoms with Crippen LogP contribution in [0.4, 0.5) is 11.6 Å². The van der Waals surface area contributed by atoms with E-state index in [1.54, 1.807) is 12.4 Å². The minimum atomic E-state index is 0.529. The topological polar surface area (TPSA) is 77.8 Å². The van der Waals surface area contributed by atoms with E-state index in [1.165, 1.54) is 0 Å². The second-order valence-corrected chi connectivity index (χ2v) is 3.85. The highest BCUT2D eigenvalue weighted by Crippen LogP contribution is 2.24. The van der Waals surface area contributed by atoms with Crippen LogP contribution in [0.25, 0.3) is 11.1 Å². The highest BCUT2D eigenvalue weighted by Gasteiger charge is 2.05. The Labute approximate surface area is 94.3 Å². The maximum atomic E-state index is 5.68. The zero-order valence-corrected chi connectivity index (χ0v) is 9.36. The van der Waals surface area contributed by atoms with Crippen LogP contribution in [0.15, 0.2) is 24.5 Å². The first-order valence-electron chi connectivity index (χ1n) is 5.02. The van der Waals surface area contributed by atoms with Gasteiger partial charge in [-0.05, 0) is 37.1 Å². The molecule has 0 aliphatic rings. The molecule has 16 heavy (non-hydrogen) atoms. The third kappa shape index (κ3) is 1.82. The number of hydrogen-bond acceptors (Lipinski definition) is 4. The molecule has 4 N–H and O–H groups in total. The van der Waals surface area contributed by atoms with Crippen LogP contribution in [0, 0.1) is 13.8 Å². The molecular formula is C12H14N4. The molecule has 0 bridgehead atoms. The first-order valence-corrected chi connectivity index (χ1v) is 5.02. The molecule has 0 saturated carbocycles. The number of nitrogens with zero attached hydrogens (tertiary/aromatic N) is 2. The monoisotopic (exact) mass is 214 g/mol. The summed E-state index contributed by atoms with van der Waals surface area (Å²) in [4.78, 5) is 8.22. The molecule has 0 saturated heterocycles. The highest BCUT2D eigenvalue weighted by atomic mass is 14.8. The first kappa shape index (κ1) is 10.4. The first-order chi connectivity index (χ1) is 7.58. The standard InChI is InChI=1S/C12H14N4/c1-7-4-11(13)15-6-10(7)9-3-8(2)12(14)16-5-9/h3-6H,1-2H3,(H2,13,15)(H2,14,16). The summed E-state index contributed by atoms with van der Waals surface area (Å²) in [6.45, 7) is 3.94. The van der Waals surface area contributed by atoms with E-state index in [4.69, 9.17) is 11.5 Å². The lowest BCUT2D eigenvalue weighted by Crippen LogP contribution is -1.96. The predicted molar refractivity (Wildman–Crippen MR) is 65.8 cm³/mol. The molecular weight excluding hydrogens is 200 g/mol. The van der Waals surface area contributed by atoms with Crippen LogP contribution in [0.3, 0.4) is 0 Å². The predicted octanol–water partition coefficient (Wildman–Crippen LogP) is 1.92. The van der Waals surface area contributed by atoms with Gasteiger partial charge >= 0.3 is 0 Å². The van der Waals surface area contributed by atoms with Crippen LogP contribution in [0.5, 0.6) is 0 Å². The SMILES string of the molecule is Cc1cc(N)ncc1-c1cnc(N)c(C)c1. The molecule has 2 rings (SSSR count). The summed E-state index contributed by atoms with van der Waals surface area (Å²) in [5.41, 5.74) is 15.4. The molecule has 0 amide bonds. The van der Waals surface area contributed by atoms with Crippen molar-refractivity contribution in [2.75, 3.05) is 11.5 Å². The van der Waals surface area contributed by atoms with Crippen LogP contribution < -0.4 is 11.5 Å².